The number of aryl methyl sites for hydroxylation is 1. The summed E-state index contributed by atoms with van der Waals surface area (Å²) >= 11 is 0. The van der Waals surface area contributed by atoms with Crippen molar-refractivity contribution in [2.45, 2.75) is 25.8 Å². The first-order valence-corrected chi connectivity index (χ1v) is 5.91. The predicted octanol–water partition coefficient (Wildman–Crippen LogP) is 2.46. The van der Waals surface area contributed by atoms with E-state index in [0.717, 1.165) is 12.5 Å². The number of benzene rings is 1. The molecular weight excluding hydrogens is 184 g/mol. The SMILES string of the molecule is Cc1ccc2c(c1)C(NCC1CC1)CN2. The molecule has 0 aromatic heterocycles. The summed E-state index contributed by atoms with van der Waals surface area (Å²) in [4.78, 5) is 0. The van der Waals surface area contributed by atoms with Crippen LogP contribution in [0.2, 0.25) is 0 Å². The molecule has 0 saturated heterocycles. The van der Waals surface area contributed by atoms with Gasteiger partial charge in [-0.15, -0.1) is 0 Å². The van der Waals surface area contributed by atoms with E-state index in [2.05, 4.69) is 35.8 Å². The lowest BCUT2D eigenvalue weighted by molar-refractivity contribution is 0.547. The molecule has 2 aliphatic rings. The molecule has 2 N–H and O–H groups in total. The second-order valence-corrected chi connectivity index (χ2v) is 4.88. The number of nitrogens with one attached hydrogen (secondary N) is 2. The molecule has 3 rings (SSSR count). The number of anilines is 1. The van der Waals surface area contributed by atoms with Crippen molar-refractivity contribution in [1.82, 2.24) is 5.32 Å². The van der Waals surface area contributed by atoms with E-state index in [-0.39, 0.29) is 0 Å². The second-order valence-electron chi connectivity index (χ2n) is 4.88. The van der Waals surface area contributed by atoms with E-state index >= 15 is 0 Å². The lowest BCUT2D eigenvalue weighted by atomic mass is 10.1. The van der Waals surface area contributed by atoms with Crippen molar-refractivity contribution in [3.05, 3.63) is 29.3 Å². The summed E-state index contributed by atoms with van der Waals surface area (Å²) in [5.41, 5.74) is 4.13. The van der Waals surface area contributed by atoms with Crippen LogP contribution in [-0.4, -0.2) is 13.1 Å². The molecule has 15 heavy (non-hydrogen) atoms. The van der Waals surface area contributed by atoms with E-state index in [9.17, 15) is 0 Å². The first kappa shape index (κ1) is 9.22. The minimum atomic E-state index is 0.528. The maximum absolute atomic E-state index is 3.66. The van der Waals surface area contributed by atoms with Gasteiger partial charge in [0.05, 0.1) is 6.04 Å². The van der Waals surface area contributed by atoms with Gasteiger partial charge in [-0.05, 0) is 43.9 Å². The van der Waals surface area contributed by atoms with E-state index in [0.29, 0.717) is 6.04 Å². The summed E-state index contributed by atoms with van der Waals surface area (Å²) < 4.78 is 0. The van der Waals surface area contributed by atoms with Gasteiger partial charge in [0.15, 0.2) is 0 Å². The Morgan fingerprint density at radius 3 is 3.07 bits per heavy atom. The molecular formula is C13H18N2. The Balaban J connectivity index is 1.74. The van der Waals surface area contributed by atoms with Crippen molar-refractivity contribution in [3.8, 4) is 0 Å². The number of hydrogen-bond donors (Lipinski definition) is 2. The highest BCUT2D eigenvalue weighted by atomic mass is 15.0. The van der Waals surface area contributed by atoms with Gasteiger partial charge in [-0.3, -0.25) is 0 Å². The molecule has 2 heteroatoms. The Morgan fingerprint density at radius 2 is 2.27 bits per heavy atom. The van der Waals surface area contributed by atoms with Crippen LogP contribution in [0.3, 0.4) is 0 Å². The highest BCUT2D eigenvalue weighted by Crippen LogP contribution is 2.32. The second kappa shape index (κ2) is 3.53. The van der Waals surface area contributed by atoms with Crippen LogP contribution in [-0.2, 0) is 0 Å². The van der Waals surface area contributed by atoms with Gasteiger partial charge in [0.25, 0.3) is 0 Å². The molecule has 1 atom stereocenters. The normalized spacial score (nSPS) is 23.7. The zero-order valence-corrected chi connectivity index (χ0v) is 9.22. The molecule has 0 spiro atoms. The minimum Gasteiger partial charge on any atom is -0.383 e. The van der Waals surface area contributed by atoms with Gasteiger partial charge in [0, 0.05) is 12.2 Å². The molecule has 1 fully saturated rings. The van der Waals surface area contributed by atoms with Gasteiger partial charge in [-0.1, -0.05) is 17.7 Å². The molecule has 1 aliphatic carbocycles. The molecule has 1 saturated carbocycles. The average Bonchev–Trinajstić information content (AvgIpc) is 2.97. The largest absolute Gasteiger partial charge is 0.383 e. The highest BCUT2D eigenvalue weighted by molar-refractivity contribution is 5.58. The third-order valence-corrected chi connectivity index (χ3v) is 3.43. The fraction of sp³-hybridized carbons (Fsp3) is 0.538. The van der Waals surface area contributed by atoms with Crippen LogP contribution in [0.5, 0.6) is 0 Å². The molecule has 1 heterocycles. The maximum Gasteiger partial charge on any atom is 0.0516 e. The molecule has 80 valence electrons. The van der Waals surface area contributed by atoms with Crippen LogP contribution < -0.4 is 10.6 Å². The fourth-order valence-electron chi connectivity index (χ4n) is 2.27. The van der Waals surface area contributed by atoms with Crippen molar-refractivity contribution in [2.75, 3.05) is 18.4 Å². The Morgan fingerprint density at radius 1 is 1.40 bits per heavy atom. The van der Waals surface area contributed by atoms with Crippen molar-refractivity contribution >= 4 is 5.69 Å². The molecule has 0 radical (unpaired) electrons. The van der Waals surface area contributed by atoms with Gasteiger partial charge < -0.3 is 10.6 Å². The van der Waals surface area contributed by atoms with Crippen LogP contribution in [0.15, 0.2) is 18.2 Å². The van der Waals surface area contributed by atoms with Crippen molar-refractivity contribution in [2.24, 2.45) is 5.92 Å². The van der Waals surface area contributed by atoms with Crippen molar-refractivity contribution in [3.63, 3.8) is 0 Å². The zero-order valence-electron chi connectivity index (χ0n) is 9.22. The highest BCUT2D eigenvalue weighted by Gasteiger charge is 2.26. The first-order chi connectivity index (χ1) is 7.33. The standard InChI is InChI=1S/C13H18N2/c1-9-2-5-12-11(6-9)13(8-15-12)14-7-10-3-4-10/h2,5-6,10,13-15H,3-4,7-8H2,1H3. The van der Waals surface area contributed by atoms with E-state index < -0.39 is 0 Å². The van der Waals surface area contributed by atoms with Gasteiger partial charge >= 0.3 is 0 Å². The van der Waals surface area contributed by atoms with Crippen molar-refractivity contribution in [1.29, 1.82) is 0 Å². The van der Waals surface area contributed by atoms with Crippen LogP contribution >= 0.6 is 0 Å². The van der Waals surface area contributed by atoms with Crippen molar-refractivity contribution < 1.29 is 0 Å². The Labute approximate surface area is 91.1 Å². The molecule has 1 unspecified atom stereocenters. The first-order valence-electron chi connectivity index (χ1n) is 5.91. The molecule has 1 aromatic carbocycles. The van der Waals surface area contributed by atoms with Crippen LogP contribution in [0.1, 0.15) is 30.0 Å². The van der Waals surface area contributed by atoms with E-state index in [1.54, 1.807) is 0 Å². The third-order valence-electron chi connectivity index (χ3n) is 3.43. The van der Waals surface area contributed by atoms with Gasteiger partial charge in [0.2, 0.25) is 0 Å². The summed E-state index contributed by atoms with van der Waals surface area (Å²) in [6.45, 7) is 4.40. The molecule has 1 aliphatic heterocycles. The summed E-state index contributed by atoms with van der Waals surface area (Å²) in [6.07, 6.45) is 2.85. The van der Waals surface area contributed by atoms with E-state index in [1.807, 2.05) is 0 Å². The van der Waals surface area contributed by atoms with Crippen LogP contribution in [0.4, 0.5) is 5.69 Å². The third kappa shape index (κ3) is 1.86. The molecule has 0 bridgehead atoms. The lowest BCUT2D eigenvalue weighted by Gasteiger charge is -2.12. The van der Waals surface area contributed by atoms with Gasteiger partial charge in [0.1, 0.15) is 0 Å². The maximum atomic E-state index is 3.66. The number of hydrogen-bond acceptors (Lipinski definition) is 2. The topological polar surface area (TPSA) is 24.1 Å². The summed E-state index contributed by atoms with van der Waals surface area (Å²) in [5.74, 6) is 0.957. The average molecular weight is 202 g/mol. The smallest absolute Gasteiger partial charge is 0.0516 e. The van der Waals surface area contributed by atoms with Crippen LogP contribution in [0, 0.1) is 12.8 Å². The predicted molar refractivity (Wildman–Crippen MR) is 63.1 cm³/mol. The zero-order chi connectivity index (χ0) is 10.3. The Bertz CT molecular complexity index is 369. The van der Waals surface area contributed by atoms with Crippen LogP contribution in [0.25, 0.3) is 0 Å². The quantitative estimate of drug-likeness (QED) is 0.786. The number of fused-ring (bicyclic) bond motifs is 1. The van der Waals surface area contributed by atoms with E-state index in [1.165, 1.54) is 36.2 Å². The van der Waals surface area contributed by atoms with Gasteiger partial charge in [-0.25, -0.2) is 0 Å². The summed E-state index contributed by atoms with van der Waals surface area (Å²) in [6, 6.07) is 7.21. The minimum absolute atomic E-state index is 0.528. The van der Waals surface area contributed by atoms with Gasteiger partial charge in [-0.2, -0.15) is 0 Å². The monoisotopic (exact) mass is 202 g/mol. The fourth-order valence-corrected chi connectivity index (χ4v) is 2.27. The molecule has 1 aromatic rings. The lowest BCUT2D eigenvalue weighted by Crippen LogP contribution is -2.24. The Hall–Kier alpha value is -1.02. The van der Waals surface area contributed by atoms with E-state index in [4.69, 9.17) is 0 Å². The Kier molecular flexibility index (Phi) is 2.17. The molecule has 2 nitrogen and oxygen atoms in total. The number of rotatable bonds is 3. The summed E-state index contributed by atoms with van der Waals surface area (Å²) in [5, 5.41) is 7.12. The molecule has 0 amide bonds. The summed E-state index contributed by atoms with van der Waals surface area (Å²) in [7, 11) is 0.